The molecule has 0 aromatic rings. The maximum atomic E-state index is 5.54. The predicted molar refractivity (Wildman–Crippen MR) is 62.1 cm³/mol. The Morgan fingerprint density at radius 2 is 2.33 bits per heavy atom. The van der Waals surface area contributed by atoms with Crippen molar-refractivity contribution in [3.63, 3.8) is 0 Å². The van der Waals surface area contributed by atoms with Crippen LogP contribution in [0, 0.1) is 0 Å². The average molecular weight is 212 g/mol. The van der Waals surface area contributed by atoms with E-state index in [0.717, 1.165) is 19.8 Å². The molecule has 2 aliphatic rings. The highest BCUT2D eigenvalue weighted by molar-refractivity contribution is 4.87. The third kappa shape index (κ3) is 3.44. The maximum absolute atomic E-state index is 5.54. The Kier molecular flexibility index (Phi) is 4.00. The van der Waals surface area contributed by atoms with E-state index in [1.54, 1.807) is 0 Å². The number of nitrogens with one attached hydrogen (secondary N) is 2. The number of hydrogen-bond donors (Lipinski definition) is 2. The van der Waals surface area contributed by atoms with Crippen molar-refractivity contribution in [3.8, 4) is 0 Å². The van der Waals surface area contributed by atoms with Gasteiger partial charge < -0.3 is 15.4 Å². The van der Waals surface area contributed by atoms with Crippen LogP contribution in [0.5, 0.6) is 0 Å². The normalized spacial score (nSPS) is 37.8. The molecule has 2 heterocycles. The summed E-state index contributed by atoms with van der Waals surface area (Å²) in [5.74, 6) is 0. The molecular weight excluding hydrogens is 188 g/mol. The molecule has 0 spiro atoms. The Bertz CT molecular complexity index is 184. The lowest BCUT2D eigenvalue weighted by atomic mass is 9.94. The van der Waals surface area contributed by atoms with E-state index in [9.17, 15) is 0 Å². The van der Waals surface area contributed by atoms with Gasteiger partial charge in [0.1, 0.15) is 0 Å². The van der Waals surface area contributed by atoms with Gasteiger partial charge in [0.05, 0.1) is 6.61 Å². The van der Waals surface area contributed by atoms with Gasteiger partial charge in [-0.2, -0.15) is 0 Å². The molecule has 0 radical (unpaired) electrons. The highest BCUT2D eigenvalue weighted by Gasteiger charge is 2.27. The summed E-state index contributed by atoms with van der Waals surface area (Å²) in [6.07, 6.45) is 6.49. The quantitative estimate of drug-likeness (QED) is 0.739. The van der Waals surface area contributed by atoms with Crippen LogP contribution in [0.15, 0.2) is 0 Å². The van der Waals surface area contributed by atoms with E-state index in [1.165, 1.54) is 38.6 Å². The molecule has 2 fully saturated rings. The molecule has 0 aromatic carbocycles. The Morgan fingerprint density at radius 3 is 3.00 bits per heavy atom. The maximum Gasteiger partial charge on any atom is 0.0645 e. The SMILES string of the molecule is CC1(NCC2CCCCN2)CCCOC1. The van der Waals surface area contributed by atoms with Crippen molar-refractivity contribution in [2.75, 3.05) is 26.3 Å². The summed E-state index contributed by atoms with van der Waals surface area (Å²) in [6.45, 7) is 6.40. The standard InChI is InChI=1S/C12H24N2O/c1-12(6-4-8-15-10-12)14-9-11-5-2-3-7-13-11/h11,13-14H,2-10H2,1H3. The summed E-state index contributed by atoms with van der Waals surface area (Å²) < 4.78 is 5.54. The summed E-state index contributed by atoms with van der Waals surface area (Å²) in [5.41, 5.74) is 0.220. The van der Waals surface area contributed by atoms with Crippen molar-refractivity contribution in [1.82, 2.24) is 10.6 Å². The molecule has 0 amide bonds. The van der Waals surface area contributed by atoms with Gasteiger partial charge in [0.2, 0.25) is 0 Å². The van der Waals surface area contributed by atoms with Gasteiger partial charge in [-0.15, -0.1) is 0 Å². The molecule has 88 valence electrons. The van der Waals surface area contributed by atoms with Crippen LogP contribution in [0.4, 0.5) is 0 Å². The average Bonchev–Trinajstić information content (AvgIpc) is 2.29. The zero-order valence-electron chi connectivity index (χ0n) is 9.85. The third-order valence-corrected chi connectivity index (χ3v) is 3.63. The Morgan fingerprint density at radius 1 is 1.40 bits per heavy atom. The predicted octanol–water partition coefficient (Wildman–Crippen LogP) is 1.29. The van der Waals surface area contributed by atoms with Gasteiger partial charge in [0.15, 0.2) is 0 Å². The molecule has 0 saturated carbocycles. The Labute approximate surface area is 93.0 Å². The van der Waals surface area contributed by atoms with Crippen LogP contribution in [-0.4, -0.2) is 37.9 Å². The second kappa shape index (κ2) is 5.28. The minimum atomic E-state index is 0.220. The van der Waals surface area contributed by atoms with E-state index < -0.39 is 0 Å². The van der Waals surface area contributed by atoms with Crippen molar-refractivity contribution in [3.05, 3.63) is 0 Å². The van der Waals surface area contributed by atoms with Gasteiger partial charge in [-0.1, -0.05) is 6.42 Å². The molecule has 3 nitrogen and oxygen atoms in total. The summed E-state index contributed by atoms with van der Waals surface area (Å²) in [7, 11) is 0. The molecule has 2 unspecified atom stereocenters. The molecule has 2 saturated heterocycles. The van der Waals surface area contributed by atoms with Crippen molar-refractivity contribution in [2.45, 2.75) is 50.6 Å². The molecule has 2 aliphatic heterocycles. The van der Waals surface area contributed by atoms with Crippen molar-refractivity contribution in [1.29, 1.82) is 0 Å². The second-order valence-electron chi connectivity index (χ2n) is 5.24. The van der Waals surface area contributed by atoms with Crippen LogP contribution >= 0.6 is 0 Å². The van der Waals surface area contributed by atoms with E-state index in [2.05, 4.69) is 17.6 Å². The van der Waals surface area contributed by atoms with E-state index in [1.807, 2.05) is 0 Å². The van der Waals surface area contributed by atoms with Gasteiger partial charge in [-0.3, -0.25) is 0 Å². The molecule has 2 atom stereocenters. The van der Waals surface area contributed by atoms with Crippen LogP contribution < -0.4 is 10.6 Å². The lowest BCUT2D eigenvalue weighted by molar-refractivity contribution is 0.0273. The Hall–Kier alpha value is -0.120. The minimum Gasteiger partial charge on any atom is -0.380 e. The zero-order chi connectivity index (χ0) is 10.6. The highest BCUT2D eigenvalue weighted by Crippen LogP contribution is 2.18. The van der Waals surface area contributed by atoms with Crippen LogP contribution in [0.1, 0.15) is 39.0 Å². The molecule has 3 heteroatoms. The van der Waals surface area contributed by atoms with Gasteiger partial charge >= 0.3 is 0 Å². The summed E-state index contributed by atoms with van der Waals surface area (Å²) >= 11 is 0. The van der Waals surface area contributed by atoms with E-state index >= 15 is 0 Å². The largest absolute Gasteiger partial charge is 0.380 e. The smallest absolute Gasteiger partial charge is 0.0645 e. The fourth-order valence-corrected chi connectivity index (χ4v) is 2.54. The van der Waals surface area contributed by atoms with E-state index in [0.29, 0.717) is 6.04 Å². The van der Waals surface area contributed by atoms with Gasteiger partial charge in [-0.05, 0) is 39.2 Å². The first kappa shape index (κ1) is 11.4. The van der Waals surface area contributed by atoms with Gasteiger partial charge in [-0.25, -0.2) is 0 Å². The van der Waals surface area contributed by atoms with Crippen molar-refractivity contribution >= 4 is 0 Å². The molecule has 2 rings (SSSR count). The van der Waals surface area contributed by atoms with E-state index in [4.69, 9.17) is 4.74 Å². The fraction of sp³-hybridized carbons (Fsp3) is 1.00. The molecule has 0 aliphatic carbocycles. The highest BCUT2D eigenvalue weighted by atomic mass is 16.5. The van der Waals surface area contributed by atoms with E-state index in [-0.39, 0.29) is 5.54 Å². The first-order valence-electron chi connectivity index (χ1n) is 6.35. The molecule has 15 heavy (non-hydrogen) atoms. The number of piperidine rings is 1. The van der Waals surface area contributed by atoms with Crippen molar-refractivity contribution < 1.29 is 4.74 Å². The third-order valence-electron chi connectivity index (χ3n) is 3.63. The molecule has 2 N–H and O–H groups in total. The summed E-state index contributed by atoms with van der Waals surface area (Å²) in [5, 5.41) is 7.25. The summed E-state index contributed by atoms with van der Waals surface area (Å²) in [6, 6.07) is 0.678. The number of hydrogen-bond acceptors (Lipinski definition) is 3. The van der Waals surface area contributed by atoms with Gasteiger partial charge in [0.25, 0.3) is 0 Å². The lowest BCUT2D eigenvalue weighted by Gasteiger charge is -2.36. The fourth-order valence-electron chi connectivity index (χ4n) is 2.54. The Balaban J connectivity index is 1.70. The minimum absolute atomic E-state index is 0.220. The zero-order valence-corrected chi connectivity index (χ0v) is 9.85. The number of ether oxygens (including phenoxy) is 1. The topological polar surface area (TPSA) is 33.3 Å². The van der Waals surface area contributed by atoms with Crippen LogP contribution in [0.2, 0.25) is 0 Å². The van der Waals surface area contributed by atoms with Crippen molar-refractivity contribution in [2.24, 2.45) is 0 Å². The first-order valence-corrected chi connectivity index (χ1v) is 6.35. The molecular formula is C12H24N2O. The lowest BCUT2D eigenvalue weighted by Crippen LogP contribution is -2.53. The van der Waals surface area contributed by atoms with Gasteiger partial charge in [0, 0.05) is 24.7 Å². The summed E-state index contributed by atoms with van der Waals surface area (Å²) in [4.78, 5) is 0. The number of rotatable bonds is 3. The van der Waals surface area contributed by atoms with Crippen LogP contribution in [0.3, 0.4) is 0 Å². The first-order chi connectivity index (χ1) is 7.29. The second-order valence-corrected chi connectivity index (χ2v) is 5.24. The molecule has 0 aromatic heterocycles. The monoisotopic (exact) mass is 212 g/mol. The molecule has 0 bridgehead atoms. The van der Waals surface area contributed by atoms with Crippen LogP contribution in [0.25, 0.3) is 0 Å². The van der Waals surface area contributed by atoms with Crippen LogP contribution in [-0.2, 0) is 4.74 Å².